The number of aromatic nitrogens is 2. The van der Waals surface area contributed by atoms with Gasteiger partial charge in [-0.05, 0) is 55.3 Å². The zero-order valence-corrected chi connectivity index (χ0v) is 19.0. The van der Waals surface area contributed by atoms with Crippen LogP contribution in [-0.2, 0) is 15.7 Å². The summed E-state index contributed by atoms with van der Waals surface area (Å²) < 4.78 is 43.9. The largest absolute Gasteiger partial charge is 0.481 e. The van der Waals surface area contributed by atoms with Gasteiger partial charge in [-0.1, -0.05) is 0 Å². The van der Waals surface area contributed by atoms with E-state index in [4.69, 9.17) is 9.84 Å². The Hall–Kier alpha value is -4.22. The Morgan fingerprint density at radius 2 is 1.69 bits per heavy atom. The van der Waals surface area contributed by atoms with E-state index < -0.39 is 29.6 Å². The quantitative estimate of drug-likeness (QED) is 0.500. The van der Waals surface area contributed by atoms with Gasteiger partial charge in [0, 0.05) is 24.3 Å². The first-order valence-corrected chi connectivity index (χ1v) is 10.9. The van der Waals surface area contributed by atoms with Crippen LogP contribution < -0.4 is 5.32 Å². The monoisotopic (exact) mass is 502 g/mol. The van der Waals surface area contributed by atoms with Crippen LogP contribution in [0.15, 0.2) is 42.5 Å². The number of halogens is 3. The highest BCUT2D eigenvalue weighted by Gasteiger charge is 2.31. The summed E-state index contributed by atoms with van der Waals surface area (Å²) in [6.07, 6.45) is -3.80. The fraction of sp³-hybridized carbons (Fsp3) is 0.292. The molecule has 4 rings (SSSR count). The van der Waals surface area contributed by atoms with E-state index in [1.807, 2.05) is 0 Å². The molecule has 0 saturated carbocycles. The van der Waals surface area contributed by atoms with Crippen molar-refractivity contribution < 1.29 is 37.4 Å². The number of ether oxygens (including phenoxy) is 1. The maximum Gasteiger partial charge on any atom is 0.416 e. The van der Waals surface area contributed by atoms with Gasteiger partial charge in [-0.25, -0.2) is 14.8 Å². The molecule has 9 nitrogen and oxygen atoms in total. The number of benzene rings is 2. The van der Waals surface area contributed by atoms with E-state index in [0.717, 1.165) is 25.3 Å². The molecule has 1 fully saturated rings. The van der Waals surface area contributed by atoms with Crippen LogP contribution in [-0.4, -0.2) is 58.0 Å². The van der Waals surface area contributed by atoms with Gasteiger partial charge in [-0.3, -0.25) is 9.59 Å². The number of carbonyl (C=O) groups excluding carboxylic acids is 2. The van der Waals surface area contributed by atoms with E-state index in [9.17, 15) is 27.6 Å². The summed E-state index contributed by atoms with van der Waals surface area (Å²) >= 11 is 0. The molecule has 2 N–H and O–H groups in total. The molecule has 0 radical (unpaired) electrons. The molecule has 2 heterocycles. The van der Waals surface area contributed by atoms with E-state index in [1.54, 1.807) is 29.2 Å². The maximum absolute atomic E-state index is 13.1. The Bertz CT molecular complexity index is 1320. The molecule has 1 aliphatic rings. The number of carbonyl (C=O) groups is 3. The average Bonchev–Trinajstić information content (AvgIpc) is 2.87. The summed E-state index contributed by atoms with van der Waals surface area (Å²) in [5.74, 6) is -2.45. The number of alkyl halides is 3. The molecule has 1 saturated heterocycles. The van der Waals surface area contributed by atoms with Crippen LogP contribution >= 0.6 is 0 Å². The smallest absolute Gasteiger partial charge is 0.416 e. The van der Waals surface area contributed by atoms with E-state index in [0.29, 0.717) is 37.2 Å². The predicted octanol–water partition coefficient (Wildman–Crippen LogP) is 4.12. The number of rotatable bonds is 5. The third-order valence-corrected chi connectivity index (χ3v) is 5.90. The Kier molecular flexibility index (Phi) is 6.77. The van der Waals surface area contributed by atoms with Crippen LogP contribution in [0.4, 0.5) is 24.7 Å². The van der Waals surface area contributed by atoms with Crippen LogP contribution in [0.1, 0.15) is 39.3 Å². The van der Waals surface area contributed by atoms with Crippen LogP contribution in [0.3, 0.4) is 0 Å². The zero-order chi connectivity index (χ0) is 26.0. The Labute approximate surface area is 202 Å². The van der Waals surface area contributed by atoms with Gasteiger partial charge in [0.25, 0.3) is 5.91 Å². The molecule has 0 atom stereocenters. The summed E-state index contributed by atoms with van der Waals surface area (Å²) in [6.45, 7) is 0.696. The number of carboxylic acid groups (broad SMARTS) is 1. The van der Waals surface area contributed by atoms with Gasteiger partial charge in [0.15, 0.2) is 11.5 Å². The summed E-state index contributed by atoms with van der Waals surface area (Å²) in [6, 6.07) is 9.13. The third-order valence-electron chi connectivity index (χ3n) is 5.90. The first-order valence-electron chi connectivity index (χ1n) is 10.9. The number of anilines is 2. The van der Waals surface area contributed by atoms with Crippen molar-refractivity contribution in [3.8, 4) is 0 Å². The number of aliphatic carboxylic acids is 1. The molecule has 0 bridgehead atoms. The summed E-state index contributed by atoms with van der Waals surface area (Å²) in [5.41, 5.74) is -0.370. The van der Waals surface area contributed by atoms with Crippen molar-refractivity contribution >= 4 is 40.4 Å². The van der Waals surface area contributed by atoms with Gasteiger partial charge >= 0.3 is 18.1 Å². The van der Waals surface area contributed by atoms with Crippen molar-refractivity contribution in [2.45, 2.75) is 19.0 Å². The number of carboxylic acids is 1. The molecule has 1 aromatic heterocycles. The molecular weight excluding hydrogens is 481 g/mol. The molecule has 1 aliphatic heterocycles. The lowest BCUT2D eigenvalue weighted by atomic mass is 9.96. The van der Waals surface area contributed by atoms with Crippen LogP contribution in [0.2, 0.25) is 0 Å². The zero-order valence-electron chi connectivity index (χ0n) is 19.0. The lowest BCUT2D eigenvalue weighted by Crippen LogP contribution is -2.40. The highest BCUT2D eigenvalue weighted by molar-refractivity contribution is 5.97. The average molecular weight is 502 g/mol. The Morgan fingerprint density at radius 1 is 1.03 bits per heavy atom. The minimum absolute atomic E-state index is 0.0241. The first-order chi connectivity index (χ1) is 17.1. The fourth-order valence-electron chi connectivity index (χ4n) is 3.90. The molecule has 2 aromatic carbocycles. The molecule has 0 spiro atoms. The van der Waals surface area contributed by atoms with E-state index >= 15 is 0 Å². The van der Waals surface area contributed by atoms with Crippen molar-refractivity contribution in [2.24, 2.45) is 5.92 Å². The topological polar surface area (TPSA) is 122 Å². The fourth-order valence-corrected chi connectivity index (χ4v) is 3.90. The molecule has 188 valence electrons. The molecule has 0 aliphatic carbocycles. The van der Waals surface area contributed by atoms with Crippen molar-refractivity contribution in [3.05, 3.63) is 59.3 Å². The lowest BCUT2D eigenvalue weighted by molar-refractivity contribution is -0.143. The summed E-state index contributed by atoms with van der Waals surface area (Å²) in [7, 11) is 1.11. The van der Waals surface area contributed by atoms with Gasteiger partial charge in [0.2, 0.25) is 0 Å². The van der Waals surface area contributed by atoms with Gasteiger partial charge in [0.05, 0.1) is 29.6 Å². The maximum atomic E-state index is 13.1. The van der Waals surface area contributed by atoms with Crippen LogP contribution in [0.25, 0.3) is 11.0 Å². The number of hydrogen-bond donors (Lipinski definition) is 2. The number of methoxy groups -OCH3 is 1. The highest BCUT2D eigenvalue weighted by Crippen LogP contribution is 2.32. The number of esters is 1. The van der Waals surface area contributed by atoms with Crippen LogP contribution in [0, 0.1) is 5.92 Å². The molecule has 12 heteroatoms. The Balaban J connectivity index is 1.56. The summed E-state index contributed by atoms with van der Waals surface area (Å²) in [4.78, 5) is 46.0. The third kappa shape index (κ3) is 5.21. The SMILES string of the molecule is COC(=O)c1nc2cc(C(F)(F)F)ccc2nc1Nc1ccc(C(=O)N2CCC(C(=O)O)CC2)cc1. The number of nitrogens with one attached hydrogen (secondary N) is 1. The molecular formula is C24H21F3N4O5. The van der Waals surface area contributed by atoms with Crippen molar-refractivity contribution in [2.75, 3.05) is 25.5 Å². The van der Waals surface area contributed by atoms with Crippen molar-refractivity contribution in [1.82, 2.24) is 14.9 Å². The molecule has 36 heavy (non-hydrogen) atoms. The number of amides is 1. The summed E-state index contributed by atoms with van der Waals surface area (Å²) in [5, 5.41) is 12.0. The second-order valence-corrected chi connectivity index (χ2v) is 8.22. The Morgan fingerprint density at radius 3 is 2.28 bits per heavy atom. The van der Waals surface area contributed by atoms with Gasteiger partial charge < -0.3 is 20.1 Å². The van der Waals surface area contributed by atoms with Crippen molar-refractivity contribution in [3.63, 3.8) is 0 Å². The number of likely N-dealkylation sites (tertiary alicyclic amines) is 1. The van der Waals surface area contributed by atoms with Gasteiger partial charge in [-0.15, -0.1) is 0 Å². The highest BCUT2D eigenvalue weighted by atomic mass is 19.4. The molecule has 3 aromatic rings. The van der Waals surface area contributed by atoms with Crippen LogP contribution in [0.5, 0.6) is 0 Å². The van der Waals surface area contributed by atoms with Crippen molar-refractivity contribution in [1.29, 1.82) is 0 Å². The molecule has 0 unspecified atom stereocenters. The second-order valence-electron chi connectivity index (χ2n) is 8.22. The van der Waals surface area contributed by atoms with E-state index in [-0.39, 0.29) is 28.5 Å². The normalized spacial score (nSPS) is 14.5. The number of nitrogens with zero attached hydrogens (tertiary/aromatic N) is 3. The first kappa shape index (κ1) is 24.9. The van der Waals surface area contributed by atoms with Gasteiger partial charge in [-0.2, -0.15) is 13.2 Å². The number of piperidine rings is 1. The minimum Gasteiger partial charge on any atom is -0.481 e. The second kappa shape index (κ2) is 9.80. The van der Waals surface area contributed by atoms with E-state index in [2.05, 4.69) is 15.3 Å². The predicted molar refractivity (Wildman–Crippen MR) is 122 cm³/mol. The minimum atomic E-state index is -4.58. The number of hydrogen-bond acceptors (Lipinski definition) is 7. The molecule has 1 amide bonds. The van der Waals surface area contributed by atoms with E-state index in [1.165, 1.54) is 0 Å². The lowest BCUT2D eigenvalue weighted by Gasteiger charge is -2.30. The number of fused-ring (bicyclic) bond motifs is 1. The van der Waals surface area contributed by atoms with Gasteiger partial charge in [0.1, 0.15) is 0 Å². The standard InChI is InChI=1S/C24H21F3N4O5/c1-36-23(35)19-20(30-17-7-4-15(24(25,26)27)12-18(17)29-19)28-16-5-2-13(3-6-16)21(32)31-10-8-14(9-11-31)22(33)34/h2-7,12,14H,8-11H2,1H3,(H,28,30)(H,33,34).